The van der Waals surface area contributed by atoms with E-state index in [1.54, 1.807) is 17.0 Å². The Hall–Kier alpha value is -3.28. The van der Waals surface area contributed by atoms with Gasteiger partial charge in [-0.1, -0.05) is 43.3 Å². The van der Waals surface area contributed by atoms with Gasteiger partial charge in [-0.25, -0.2) is 0 Å². The van der Waals surface area contributed by atoms with Gasteiger partial charge in [0.2, 0.25) is 0 Å². The summed E-state index contributed by atoms with van der Waals surface area (Å²) in [4.78, 5) is 27.5. The molecule has 0 spiro atoms. The summed E-state index contributed by atoms with van der Waals surface area (Å²) >= 11 is 0. The van der Waals surface area contributed by atoms with Gasteiger partial charge in [-0.2, -0.15) is 0 Å². The summed E-state index contributed by atoms with van der Waals surface area (Å²) in [7, 11) is 0. The number of aliphatic hydroxyl groups excluding tert-OH is 1. The number of carbonyl (C=O) groups is 2. The van der Waals surface area contributed by atoms with Crippen molar-refractivity contribution in [2.75, 3.05) is 19.8 Å². The molecule has 0 bridgehead atoms. The van der Waals surface area contributed by atoms with Crippen LogP contribution in [-0.4, -0.2) is 41.5 Å². The lowest BCUT2D eigenvalue weighted by Gasteiger charge is -2.28. The first kappa shape index (κ1) is 20.0. The Morgan fingerprint density at radius 1 is 1.10 bits per heavy atom. The molecule has 2 aliphatic rings. The summed E-state index contributed by atoms with van der Waals surface area (Å²) in [6, 6.07) is 14.5. The van der Waals surface area contributed by atoms with Gasteiger partial charge in [0.1, 0.15) is 13.2 Å². The number of hydrogen-bond donors (Lipinski definition) is 1. The first-order chi connectivity index (χ1) is 14.6. The van der Waals surface area contributed by atoms with Gasteiger partial charge in [-0.05, 0) is 36.1 Å². The van der Waals surface area contributed by atoms with E-state index in [2.05, 4.69) is 0 Å². The Labute approximate surface area is 175 Å². The molecule has 0 saturated carbocycles. The molecular formula is C24H25NO5. The van der Waals surface area contributed by atoms with Crippen LogP contribution in [0.1, 0.15) is 36.9 Å². The molecule has 6 nitrogen and oxygen atoms in total. The number of aryl methyl sites for hydroxylation is 1. The molecule has 1 N–H and O–H groups in total. The van der Waals surface area contributed by atoms with E-state index in [1.807, 2.05) is 43.3 Å². The number of benzene rings is 2. The molecule has 0 aromatic heterocycles. The van der Waals surface area contributed by atoms with Crippen molar-refractivity contribution in [3.05, 3.63) is 71.0 Å². The lowest BCUT2D eigenvalue weighted by atomic mass is 9.93. The minimum Gasteiger partial charge on any atom is -0.503 e. The van der Waals surface area contributed by atoms with Crippen molar-refractivity contribution in [1.29, 1.82) is 0 Å². The SMILES string of the molecule is CCCN1C(=O)C(O)=C(C(=O)CCc2ccccc2)C1c1ccc2c(c1)OCCO2. The molecule has 2 aromatic carbocycles. The summed E-state index contributed by atoms with van der Waals surface area (Å²) in [6.45, 7) is 3.33. The maximum Gasteiger partial charge on any atom is 0.290 e. The van der Waals surface area contributed by atoms with E-state index in [9.17, 15) is 14.7 Å². The largest absolute Gasteiger partial charge is 0.503 e. The molecule has 2 heterocycles. The highest BCUT2D eigenvalue weighted by Gasteiger charge is 2.43. The van der Waals surface area contributed by atoms with Crippen LogP contribution in [-0.2, 0) is 16.0 Å². The summed E-state index contributed by atoms with van der Waals surface area (Å²) in [6.07, 6.45) is 1.48. The molecule has 1 amide bonds. The Morgan fingerprint density at radius 2 is 1.83 bits per heavy atom. The molecule has 6 heteroatoms. The van der Waals surface area contributed by atoms with E-state index in [0.29, 0.717) is 44.1 Å². The Kier molecular flexibility index (Phi) is 5.74. The van der Waals surface area contributed by atoms with Crippen molar-refractivity contribution in [3.63, 3.8) is 0 Å². The fraction of sp³-hybridized carbons (Fsp3) is 0.333. The van der Waals surface area contributed by atoms with E-state index in [4.69, 9.17) is 9.47 Å². The van der Waals surface area contributed by atoms with E-state index in [-0.39, 0.29) is 17.8 Å². The molecule has 0 aliphatic carbocycles. The van der Waals surface area contributed by atoms with Crippen LogP contribution in [0.15, 0.2) is 59.9 Å². The summed E-state index contributed by atoms with van der Waals surface area (Å²) < 4.78 is 11.3. The Bertz CT molecular complexity index is 982. The average molecular weight is 407 g/mol. The van der Waals surface area contributed by atoms with E-state index in [1.165, 1.54) is 0 Å². The number of carbonyl (C=O) groups excluding carboxylic acids is 2. The summed E-state index contributed by atoms with van der Waals surface area (Å²) in [5.41, 5.74) is 1.94. The zero-order valence-electron chi connectivity index (χ0n) is 17.0. The Morgan fingerprint density at radius 3 is 2.57 bits per heavy atom. The van der Waals surface area contributed by atoms with Crippen molar-refractivity contribution in [3.8, 4) is 11.5 Å². The molecule has 2 aliphatic heterocycles. The minimum absolute atomic E-state index is 0.168. The van der Waals surface area contributed by atoms with Crippen molar-refractivity contribution in [2.24, 2.45) is 0 Å². The van der Waals surface area contributed by atoms with Crippen molar-refractivity contribution in [1.82, 2.24) is 4.90 Å². The monoisotopic (exact) mass is 407 g/mol. The number of rotatable bonds is 7. The summed E-state index contributed by atoms with van der Waals surface area (Å²) in [5.74, 6) is 0.0658. The van der Waals surface area contributed by atoms with Crippen LogP contribution >= 0.6 is 0 Å². The number of nitrogens with zero attached hydrogens (tertiary/aromatic N) is 1. The van der Waals surface area contributed by atoms with Crippen LogP contribution in [0.5, 0.6) is 11.5 Å². The van der Waals surface area contributed by atoms with Gasteiger partial charge in [-0.15, -0.1) is 0 Å². The van der Waals surface area contributed by atoms with Gasteiger partial charge in [-0.3, -0.25) is 9.59 Å². The predicted octanol–water partition coefficient (Wildman–Crippen LogP) is 3.77. The smallest absolute Gasteiger partial charge is 0.290 e. The number of fused-ring (bicyclic) bond motifs is 1. The van der Waals surface area contributed by atoms with Crippen LogP contribution < -0.4 is 9.47 Å². The third-order valence-corrected chi connectivity index (χ3v) is 5.43. The zero-order chi connectivity index (χ0) is 21.1. The van der Waals surface area contributed by atoms with E-state index < -0.39 is 17.7 Å². The van der Waals surface area contributed by atoms with Crippen LogP contribution in [0.2, 0.25) is 0 Å². The quantitative estimate of drug-likeness (QED) is 0.756. The normalized spacial score (nSPS) is 18.1. The van der Waals surface area contributed by atoms with Crippen LogP contribution in [0.25, 0.3) is 0 Å². The topological polar surface area (TPSA) is 76.1 Å². The highest BCUT2D eigenvalue weighted by molar-refractivity contribution is 6.09. The predicted molar refractivity (Wildman–Crippen MR) is 112 cm³/mol. The number of ether oxygens (including phenoxy) is 2. The maximum absolute atomic E-state index is 13.1. The maximum atomic E-state index is 13.1. The first-order valence-corrected chi connectivity index (χ1v) is 10.3. The van der Waals surface area contributed by atoms with Gasteiger partial charge in [0.15, 0.2) is 23.0 Å². The van der Waals surface area contributed by atoms with Gasteiger partial charge in [0.25, 0.3) is 5.91 Å². The number of aliphatic hydroxyl groups is 1. The fourth-order valence-corrected chi connectivity index (χ4v) is 4.02. The average Bonchev–Trinajstić information content (AvgIpc) is 3.03. The molecular weight excluding hydrogens is 382 g/mol. The van der Waals surface area contributed by atoms with Crippen molar-refractivity contribution < 1.29 is 24.2 Å². The molecule has 0 fully saturated rings. The highest BCUT2D eigenvalue weighted by atomic mass is 16.6. The summed E-state index contributed by atoms with van der Waals surface area (Å²) in [5, 5.41) is 10.6. The number of amides is 1. The van der Waals surface area contributed by atoms with Gasteiger partial charge < -0.3 is 19.5 Å². The van der Waals surface area contributed by atoms with Crippen LogP contribution in [0, 0.1) is 0 Å². The molecule has 1 unspecified atom stereocenters. The third kappa shape index (κ3) is 3.77. The van der Waals surface area contributed by atoms with Gasteiger partial charge in [0.05, 0.1) is 11.6 Å². The number of ketones is 1. The highest BCUT2D eigenvalue weighted by Crippen LogP contribution is 2.41. The third-order valence-electron chi connectivity index (χ3n) is 5.43. The minimum atomic E-state index is -0.628. The van der Waals surface area contributed by atoms with Crippen molar-refractivity contribution in [2.45, 2.75) is 32.2 Å². The zero-order valence-corrected chi connectivity index (χ0v) is 17.0. The van der Waals surface area contributed by atoms with Gasteiger partial charge >= 0.3 is 0 Å². The molecule has 156 valence electrons. The number of Topliss-reactive ketones (excluding diaryl/α,β-unsaturated/α-hetero) is 1. The molecule has 0 radical (unpaired) electrons. The second-order valence-corrected chi connectivity index (χ2v) is 7.48. The molecule has 0 saturated heterocycles. The molecule has 1 atom stereocenters. The lowest BCUT2D eigenvalue weighted by Crippen LogP contribution is -2.32. The first-order valence-electron chi connectivity index (χ1n) is 10.3. The van der Waals surface area contributed by atoms with E-state index >= 15 is 0 Å². The second kappa shape index (κ2) is 8.61. The Balaban J connectivity index is 1.65. The van der Waals surface area contributed by atoms with Crippen LogP contribution in [0.3, 0.4) is 0 Å². The lowest BCUT2D eigenvalue weighted by molar-refractivity contribution is -0.129. The van der Waals surface area contributed by atoms with Gasteiger partial charge in [0, 0.05) is 13.0 Å². The number of hydrogen-bond acceptors (Lipinski definition) is 5. The fourth-order valence-electron chi connectivity index (χ4n) is 4.02. The second-order valence-electron chi connectivity index (χ2n) is 7.48. The van der Waals surface area contributed by atoms with Crippen LogP contribution in [0.4, 0.5) is 0 Å². The standard InChI is InChI=1S/C24H25NO5/c1-2-12-25-22(17-9-11-19-20(15-17)30-14-13-29-19)21(23(27)24(25)28)18(26)10-8-16-6-4-3-5-7-16/h3-7,9,11,15,22,27H,2,8,10,12-14H2,1H3. The molecule has 4 rings (SSSR count). The molecule has 30 heavy (non-hydrogen) atoms. The van der Waals surface area contributed by atoms with Crippen molar-refractivity contribution >= 4 is 11.7 Å². The van der Waals surface area contributed by atoms with E-state index in [0.717, 1.165) is 11.1 Å². The molecule has 2 aromatic rings.